The van der Waals surface area contributed by atoms with Gasteiger partial charge in [-0.2, -0.15) is 0 Å². The van der Waals surface area contributed by atoms with Crippen LogP contribution in [-0.4, -0.2) is 27.7 Å². The smallest absolute Gasteiger partial charge is 0.153 e. The highest BCUT2D eigenvalue weighted by Crippen LogP contribution is 2.45. The average Bonchev–Trinajstić information content (AvgIpc) is 3.92. The minimum atomic E-state index is -0.230. The molecule has 0 radical (unpaired) electrons. The molecule has 6 nitrogen and oxygen atoms in total. The minimum absolute atomic E-state index is 0.0362. The van der Waals surface area contributed by atoms with Gasteiger partial charge in [-0.15, -0.1) is 11.3 Å². The van der Waals surface area contributed by atoms with Crippen LogP contribution in [0.3, 0.4) is 0 Å². The van der Waals surface area contributed by atoms with Crippen molar-refractivity contribution in [2.24, 2.45) is 4.99 Å². The molecule has 2 aromatic heterocycles. The Morgan fingerprint density at radius 3 is 1.75 bits per heavy atom. The van der Waals surface area contributed by atoms with Crippen LogP contribution in [0.25, 0.3) is 65.0 Å². The molecule has 0 amide bonds. The summed E-state index contributed by atoms with van der Waals surface area (Å²) in [7, 11) is 0. The largest absolute Gasteiger partial charge is 0.507 e. The van der Waals surface area contributed by atoms with Gasteiger partial charge in [0.25, 0.3) is 0 Å². The van der Waals surface area contributed by atoms with Crippen molar-refractivity contribution in [2.45, 2.75) is 125 Å². The zero-order chi connectivity index (χ0) is 51.4. The fourth-order valence-electron chi connectivity index (χ4n) is 8.95. The fourth-order valence-corrected chi connectivity index (χ4v) is 10.0. The van der Waals surface area contributed by atoms with E-state index in [1.165, 1.54) is 5.56 Å². The molecule has 2 heterocycles. The maximum absolute atomic E-state index is 11.5. The summed E-state index contributed by atoms with van der Waals surface area (Å²) in [5.74, 6) is 0.845. The Bertz CT molecular complexity index is 3470. The molecule has 0 spiro atoms. The van der Waals surface area contributed by atoms with Crippen molar-refractivity contribution in [3.8, 4) is 44.3 Å². The second kappa shape index (κ2) is 19.1. The SMILES string of the molecule is CC(C)(C)c1cc(C=O)c(O)c(C(C)(C)C)c1.CC(C)c1ccc(-c2cc(-c3cccc4c3oc3ccccc34)c3nc(-c4ccccc4N=Cc4cc(C(C)(C)C)cc(C(C)(C)C)c4O)sc3c2)cc1. The molecule has 71 heavy (non-hydrogen) atoms. The Hall–Kier alpha value is -6.83. The molecule has 0 aliphatic carbocycles. The maximum Gasteiger partial charge on any atom is 0.153 e. The molecule has 9 rings (SSSR count). The number of rotatable bonds is 7. The van der Waals surface area contributed by atoms with Crippen molar-refractivity contribution >= 4 is 61.7 Å². The van der Waals surface area contributed by atoms with Crippen LogP contribution in [0.5, 0.6) is 11.5 Å². The molecule has 7 aromatic carbocycles. The molecule has 0 aliphatic heterocycles. The van der Waals surface area contributed by atoms with Crippen molar-refractivity contribution in [3.05, 3.63) is 166 Å². The molecule has 7 heteroatoms. The highest BCUT2D eigenvalue weighted by Gasteiger charge is 2.27. The van der Waals surface area contributed by atoms with E-state index in [1.807, 2.05) is 57.2 Å². The van der Waals surface area contributed by atoms with Crippen molar-refractivity contribution < 1.29 is 19.4 Å². The van der Waals surface area contributed by atoms with Gasteiger partial charge in [0.05, 0.1) is 21.5 Å². The van der Waals surface area contributed by atoms with Gasteiger partial charge in [0.2, 0.25) is 0 Å². The summed E-state index contributed by atoms with van der Waals surface area (Å²) in [6.45, 7) is 29.8. The molecule has 0 saturated carbocycles. The van der Waals surface area contributed by atoms with Crippen LogP contribution in [0.1, 0.15) is 147 Å². The quantitative estimate of drug-likeness (QED) is 0.123. The van der Waals surface area contributed by atoms with E-state index in [-0.39, 0.29) is 33.2 Å². The van der Waals surface area contributed by atoms with Crippen molar-refractivity contribution in [1.82, 2.24) is 4.98 Å². The molecule has 2 N–H and O–H groups in total. The lowest BCUT2D eigenvalue weighted by atomic mass is 9.79. The third-order valence-corrected chi connectivity index (χ3v) is 14.4. The lowest BCUT2D eigenvalue weighted by Gasteiger charge is -2.27. The van der Waals surface area contributed by atoms with E-state index in [0.717, 1.165) is 99.2 Å². The normalized spacial score (nSPS) is 12.6. The Labute approximate surface area is 424 Å². The number of hydrogen-bond donors (Lipinski definition) is 2. The number of hydrogen-bond acceptors (Lipinski definition) is 7. The zero-order valence-electron chi connectivity index (χ0n) is 43.9. The molecular formula is C64H68N2O4S. The van der Waals surface area contributed by atoms with Crippen molar-refractivity contribution in [1.29, 1.82) is 0 Å². The number of thiazole rings is 1. The first kappa shape index (κ1) is 50.6. The number of furan rings is 1. The summed E-state index contributed by atoms with van der Waals surface area (Å²) in [4.78, 5) is 21.4. The summed E-state index contributed by atoms with van der Waals surface area (Å²) in [6.07, 6.45) is 2.53. The number of aromatic nitrogens is 1. The van der Waals surface area contributed by atoms with Gasteiger partial charge in [-0.05, 0) is 97.9 Å². The fraction of sp³-hybridized carbons (Fsp3) is 0.297. The third-order valence-electron chi connectivity index (χ3n) is 13.3. The van der Waals surface area contributed by atoms with Gasteiger partial charge < -0.3 is 14.6 Å². The van der Waals surface area contributed by atoms with E-state index in [0.29, 0.717) is 17.0 Å². The van der Waals surface area contributed by atoms with E-state index >= 15 is 0 Å². The number of aliphatic imine (C=N–C) groups is 1. The molecule has 0 atom stereocenters. The Kier molecular flexibility index (Phi) is 13.6. The van der Waals surface area contributed by atoms with E-state index in [4.69, 9.17) is 14.4 Å². The molecule has 364 valence electrons. The van der Waals surface area contributed by atoms with E-state index < -0.39 is 0 Å². The molecule has 0 unspecified atom stereocenters. The lowest BCUT2D eigenvalue weighted by molar-refractivity contribution is 0.112. The van der Waals surface area contributed by atoms with E-state index in [2.05, 4.69) is 161 Å². The minimum Gasteiger partial charge on any atom is -0.507 e. The first-order valence-electron chi connectivity index (χ1n) is 24.6. The first-order chi connectivity index (χ1) is 33.3. The maximum atomic E-state index is 11.5. The number of benzene rings is 7. The predicted molar refractivity (Wildman–Crippen MR) is 301 cm³/mol. The second-order valence-corrected chi connectivity index (χ2v) is 24.3. The number of aldehydes is 1. The van der Waals surface area contributed by atoms with Crippen LogP contribution in [0, 0.1) is 0 Å². The Morgan fingerprint density at radius 1 is 0.577 bits per heavy atom. The molecule has 0 bridgehead atoms. The van der Waals surface area contributed by atoms with Crippen LogP contribution in [0.2, 0.25) is 0 Å². The number of aromatic hydroxyl groups is 2. The van der Waals surface area contributed by atoms with Crippen LogP contribution in [0.4, 0.5) is 5.69 Å². The molecule has 0 fully saturated rings. The third kappa shape index (κ3) is 10.5. The number of para-hydroxylation sites is 3. The van der Waals surface area contributed by atoms with Crippen molar-refractivity contribution in [2.75, 3.05) is 0 Å². The van der Waals surface area contributed by atoms with Crippen LogP contribution in [0.15, 0.2) is 137 Å². The average molecular weight is 961 g/mol. The Balaban J connectivity index is 0.000000338. The summed E-state index contributed by atoms with van der Waals surface area (Å²) >= 11 is 1.67. The Morgan fingerprint density at radius 2 is 1.14 bits per heavy atom. The van der Waals surface area contributed by atoms with Crippen LogP contribution >= 0.6 is 11.3 Å². The van der Waals surface area contributed by atoms with Crippen molar-refractivity contribution in [3.63, 3.8) is 0 Å². The number of phenolic OH excluding ortho intramolecular Hbond substituents is 2. The highest BCUT2D eigenvalue weighted by molar-refractivity contribution is 7.21. The van der Waals surface area contributed by atoms with Gasteiger partial charge in [0, 0.05) is 50.4 Å². The van der Waals surface area contributed by atoms with Crippen LogP contribution in [-0.2, 0) is 21.7 Å². The number of carbonyl (C=O) groups excluding carboxylic acids is 1. The van der Waals surface area contributed by atoms with Gasteiger partial charge in [0.15, 0.2) is 6.29 Å². The highest BCUT2D eigenvalue weighted by atomic mass is 32.1. The standard InChI is InChI=1S/C49H46N2O2S.C15H22O2/c1-29(2)30-20-22-31(23-21-30)32-25-39(37-17-13-16-36-35-14-10-12-19-42(35)53-46(36)37)44-43(26-32)54-47(51-44)38-15-9-11-18-41(38)50-28-33-24-34(48(3,4)5)27-40(45(33)52)49(6,7)8;1-14(2,3)11-7-10(9-16)13(17)12(8-11)15(4,5)6/h9-29,52H,1-8H3;7-9,17H,1-6H3. The lowest BCUT2D eigenvalue weighted by Crippen LogP contribution is -2.17. The van der Waals surface area contributed by atoms with E-state index in [1.54, 1.807) is 23.6 Å². The number of fused-ring (bicyclic) bond motifs is 4. The molecular weight excluding hydrogens is 893 g/mol. The summed E-state index contributed by atoms with van der Waals surface area (Å²) in [5.41, 5.74) is 14.6. The monoisotopic (exact) mass is 960 g/mol. The second-order valence-electron chi connectivity index (χ2n) is 23.3. The van der Waals surface area contributed by atoms with E-state index in [9.17, 15) is 15.0 Å². The van der Waals surface area contributed by atoms with Gasteiger partial charge in [-0.3, -0.25) is 9.79 Å². The zero-order valence-corrected chi connectivity index (χ0v) is 44.7. The number of phenols is 2. The van der Waals surface area contributed by atoms with Crippen LogP contribution < -0.4 is 0 Å². The topological polar surface area (TPSA) is 95.9 Å². The predicted octanol–water partition coefficient (Wildman–Crippen LogP) is 18.2. The van der Waals surface area contributed by atoms with Gasteiger partial charge in [0.1, 0.15) is 27.7 Å². The van der Waals surface area contributed by atoms with Gasteiger partial charge in [-0.25, -0.2) is 4.98 Å². The summed E-state index contributed by atoms with van der Waals surface area (Å²) in [5, 5.41) is 24.6. The molecule has 0 aliphatic rings. The number of nitrogens with zero attached hydrogens (tertiary/aromatic N) is 2. The van der Waals surface area contributed by atoms with Gasteiger partial charge >= 0.3 is 0 Å². The summed E-state index contributed by atoms with van der Waals surface area (Å²) in [6, 6.07) is 44.2. The first-order valence-corrected chi connectivity index (χ1v) is 25.4. The summed E-state index contributed by atoms with van der Waals surface area (Å²) < 4.78 is 7.65. The van der Waals surface area contributed by atoms with Gasteiger partial charge in [-0.1, -0.05) is 182 Å². The number of carbonyl (C=O) groups is 1. The molecule has 0 saturated heterocycles. The molecule has 9 aromatic rings.